The van der Waals surface area contributed by atoms with Gasteiger partial charge in [-0.05, 0) is 30.8 Å². The van der Waals surface area contributed by atoms with Crippen LogP contribution in [0, 0.1) is 0 Å². The Morgan fingerprint density at radius 3 is 2.85 bits per heavy atom. The van der Waals surface area contributed by atoms with Gasteiger partial charge in [0.15, 0.2) is 0 Å². The lowest BCUT2D eigenvalue weighted by Gasteiger charge is -2.33. The van der Waals surface area contributed by atoms with Crippen molar-refractivity contribution in [3.05, 3.63) is 42.5 Å². The molecule has 0 aliphatic carbocycles. The van der Waals surface area contributed by atoms with Crippen molar-refractivity contribution in [1.82, 2.24) is 5.32 Å². The van der Waals surface area contributed by atoms with Gasteiger partial charge in [0, 0.05) is 11.9 Å². The Balaban J connectivity index is 2.00. The van der Waals surface area contributed by atoms with Gasteiger partial charge in [0.1, 0.15) is 0 Å². The molecule has 1 N–H and O–H groups in total. The lowest BCUT2D eigenvalue weighted by molar-refractivity contribution is -0.121. The van der Waals surface area contributed by atoms with Crippen molar-refractivity contribution < 1.29 is 4.79 Å². The standard InChI is InChI=1S/C17H20N2O/c1-2-18-15-10-6-12-19(17(15)20)16-11-5-8-13-7-3-4-9-14(13)16/h3-5,7-9,11,15,18H,2,6,10,12H2,1H3. The molecule has 1 heterocycles. The van der Waals surface area contributed by atoms with Crippen LogP contribution in [-0.2, 0) is 4.79 Å². The number of amides is 1. The SMILES string of the molecule is CCNC1CCCN(c2cccc3ccccc23)C1=O. The number of hydrogen-bond acceptors (Lipinski definition) is 2. The van der Waals surface area contributed by atoms with Gasteiger partial charge in [-0.15, -0.1) is 0 Å². The average molecular weight is 268 g/mol. The quantitative estimate of drug-likeness (QED) is 0.928. The van der Waals surface area contributed by atoms with Gasteiger partial charge in [0.25, 0.3) is 0 Å². The van der Waals surface area contributed by atoms with Crippen LogP contribution >= 0.6 is 0 Å². The van der Waals surface area contributed by atoms with E-state index in [0.29, 0.717) is 0 Å². The van der Waals surface area contributed by atoms with Crippen LogP contribution in [0.15, 0.2) is 42.5 Å². The molecule has 1 amide bonds. The summed E-state index contributed by atoms with van der Waals surface area (Å²) in [6, 6.07) is 14.4. The number of hydrogen-bond donors (Lipinski definition) is 1. The van der Waals surface area contributed by atoms with Crippen molar-refractivity contribution in [2.75, 3.05) is 18.0 Å². The normalized spacial score (nSPS) is 19.6. The summed E-state index contributed by atoms with van der Waals surface area (Å²) >= 11 is 0. The molecule has 2 aromatic rings. The van der Waals surface area contributed by atoms with E-state index < -0.39 is 0 Å². The van der Waals surface area contributed by atoms with Crippen molar-refractivity contribution in [2.45, 2.75) is 25.8 Å². The summed E-state index contributed by atoms with van der Waals surface area (Å²) in [4.78, 5) is 14.6. The highest BCUT2D eigenvalue weighted by atomic mass is 16.2. The molecule has 104 valence electrons. The molecule has 2 aromatic carbocycles. The molecule has 20 heavy (non-hydrogen) atoms. The Morgan fingerprint density at radius 1 is 1.20 bits per heavy atom. The summed E-state index contributed by atoms with van der Waals surface area (Å²) in [7, 11) is 0. The smallest absolute Gasteiger partial charge is 0.244 e. The first-order valence-corrected chi connectivity index (χ1v) is 7.34. The molecule has 1 unspecified atom stereocenters. The molecule has 3 nitrogen and oxygen atoms in total. The highest BCUT2D eigenvalue weighted by Gasteiger charge is 2.29. The first kappa shape index (κ1) is 13.1. The summed E-state index contributed by atoms with van der Waals surface area (Å²) in [6.07, 6.45) is 1.99. The van der Waals surface area contributed by atoms with Crippen LogP contribution in [0.4, 0.5) is 5.69 Å². The zero-order valence-electron chi connectivity index (χ0n) is 11.8. The van der Waals surface area contributed by atoms with Gasteiger partial charge >= 0.3 is 0 Å². The largest absolute Gasteiger partial charge is 0.310 e. The maximum Gasteiger partial charge on any atom is 0.244 e. The molecular formula is C17H20N2O. The number of rotatable bonds is 3. The first-order valence-electron chi connectivity index (χ1n) is 7.34. The maximum absolute atomic E-state index is 12.6. The van der Waals surface area contributed by atoms with Crippen molar-refractivity contribution in [3.8, 4) is 0 Å². The molecule has 1 aliphatic rings. The summed E-state index contributed by atoms with van der Waals surface area (Å²) in [6.45, 7) is 3.69. The number of likely N-dealkylation sites (N-methyl/N-ethyl adjacent to an activating group) is 1. The molecule has 0 aromatic heterocycles. The topological polar surface area (TPSA) is 32.3 Å². The number of fused-ring (bicyclic) bond motifs is 1. The molecule has 3 rings (SSSR count). The van der Waals surface area contributed by atoms with Crippen LogP contribution in [0.3, 0.4) is 0 Å². The fourth-order valence-electron chi connectivity index (χ4n) is 2.99. The molecular weight excluding hydrogens is 248 g/mol. The molecule has 1 aliphatic heterocycles. The predicted octanol–water partition coefficient (Wildman–Crippen LogP) is 2.94. The lowest BCUT2D eigenvalue weighted by Crippen LogP contribution is -2.50. The second-order valence-electron chi connectivity index (χ2n) is 5.24. The van der Waals surface area contributed by atoms with Crippen LogP contribution in [0.5, 0.6) is 0 Å². The monoisotopic (exact) mass is 268 g/mol. The van der Waals surface area contributed by atoms with Gasteiger partial charge in [-0.25, -0.2) is 0 Å². The fraction of sp³-hybridized carbons (Fsp3) is 0.353. The van der Waals surface area contributed by atoms with Gasteiger partial charge in [0.05, 0.1) is 11.7 Å². The van der Waals surface area contributed by atoms with Crippen molar-refractivity contribution in [1.29, 1.82) is 0 Å². The second kappa shape index (κ2) is 5.63. The number of nitrogens with one attached hydrogen (secondary N) is 1. The van der Waals surface area contributed by atoms with Crippen LogP contribution < -0.4 is 10.2 Å². The second-order valence-corrected chi connectivity index (χ2v) is 5.24. The van der Waals surface area contributed by atoms with E-state index in [1.807, 2.05) is 30.0 Å². The fourth-order valence-corrected chi connectivity index (χ4v) is 2.99. The minimum absolute atomic E-state index is 0.0345. The third-order valence-corrected chi connectivity index (χ3v) is 3.95. The highest BCUT2D eigenvalue weighted by Crippen LogP contribution is 2.29. The van der Waals surface area contributed by atoms with E-state index in [2.05, 4.69) is 29.6 Å². The minimum atomic E-state index is -0.0345. The Morgan fingerprint density at radius 2 is 2.00 bits per heavy atom. The summed E-state index contributed by atoms with van der Waals surface area (Å²) < 4.78 is 0. The summed E-state index contributed by atoms with van der Waals surface area (Å²) in [5, 5.41) is 5.63. The summed E-state index contributed by atoms with van der Waals surface area (Å²) in [5.74, 6) is 0.203. The van der Waals surface area contributed by atoms with E-state index in [0.717, 1.165) is 37.0 Å². The van der Waals surface area contributed by atoms with Gasteiger partial charge in [-0.2, -0.15) is 0 Å². The molecule has 0 radical (unpaired) electrons. The first-order chi connectivity index (χ1) is 9.81. The molecule has 3 heteroatoms. The third-order valence-electron chi connectivity index (χ3n) is 3.95. The van der Waals surface area contributed by atoms with E-state index in [1.165, 1.54) is 5.39 Å². The molecule has 1 fully saturated rings. The molecule has 1 saturated heterocycles. The van der Waals surface area contributed by atoms with Crippen LogP contribution in [0.25, 0.3) is 10.8 Å². The van der Waals surface area contributed by atoms with E-state index in [9.17, 15) is 4.79 Å². The Kier molecular flexibility index (Phi) is 3.70. The Labute approximate surface area is 119 Å². The zero-order valence-corrected chi connectivity index (χ0v) is 11.8. The van der Waals surface area contributed by atoms with E-state index >= 15 is 0 Å². The number of nitrogens with zero attached hydrogens (tertiary/aromatic N) is 1. The minimum Gasteiger partial charge on any atom is -0.310 e. The molecule has 0 saturated carbocycles. The van der Waals surface area contributed by atoms with Crippen molar-refractivity contribution in [2.24, 2.45) is 0 Å². The van der Waals surface area contributed by atoms with E-state index in [-0.39, 0.29) is 11.9 Å². The van der Waals surface area contributed by atoms with E-state index in [4.69, 9.17) is 0 Å². The van der Waals surface area contributed by atoms with Gasteiger partial charge in [-0.1, -0.05) is 43.3 Å². The van der Waals surface area contributed by atoms with Gasteiger partial charge < -0.3 is 10.2 Å². The van der Waals surface area contributed by atoms with Crippen molar-refractivity contribution in [3.63, 3.8) is 0 Å². The Hall–Kier alpha value is -1.87. The highest BCUT2D eigenvalue weighted by molar-refractivity contribution is 6.05. The Bertz CT molecular complexity index is 616. The number of benzene rings is 2. The van der Waals surface area contributed by atoms with Crippen LogP contribution in [-0.4, -0.2) is 25.0 Å². The lowest BCUT2D eigenvalue weighted by atomic mass is 10.0. The van der Waals surface area contributed by atoms with Gasteiger partial charge in [-0.3, -0.25) is 4.79 Å². The zero-order chi connectivity index (χ0) is 13.9. The molecule has 1 atom stereocenters. The van der Waals surface area contributed by atoms with E-state index in [1.54, 1.807) is 0 Å². The predicted molar refractivity (Wildman–Crippen MR) is 83.0 cm³/mol. The number of piperidine rings is 1. The van der Waals surface area contributed by atoms with Crippen LogP contribution in [0.2, 0.25) is 0 Å². The molecule has 0 bridgehead atoms. The van der Waals surface area contributed by atoms with Crippen LogP contribution in [0.1, 0.15) is 19.8 Å². The van der Waals surface area contributed by atoms with Gasteiger partial charge in [0.2, 0.25) is 5.91 Å². The average Bonchev–Trinajstić information content (AvgIpc) is 2.49. The third kappa shape index (κ3) is 2.29. The maximum atomic E-state index is 12.6. The summed E-state index contributed by atoms with van der Waals surface area (Å²) in [5.41, 5.74) is 1.04. The van der Waals surface area contributed by atoms with Crippen molar-refractivity contribution >= 4 is 22.4 Å². The number of anilines is 1. The number of carbonyl (C=O) groups is 1. The molecule has 0 spiro atoms. The number of carbonyl (C=O) groups excluding carboxylic acids is 1.